The van der Waals surface area contributed by atoms with Gasteiger partial charge in [-0.05, 0) is 38.5 Å². The normalized spacial score (nSPS) is 22.8. The van der Waals surface area contributed by atoms with Gasteiger partial charge in [-0.1, -0.05) is 50.7 Å². The molecule has 0 unspecified atom stereocenters. The Balaban J connectivity index is 2.06. The molecule has 0 N–H and O–H groups in total. The van der Waals surface area contributed by atoms with Gasteiger partial charge in [-0.25, -0.2) is 4.79 Å². The van der Waals surface area contributed by atoms with E-state index < -0.39 is 5.60 Å². The van der Waals surface area contributed by atoms with Crippen LogP contribution in [0.4, 0.5) is 4.79 Å². The first-order valence-electron chi connectivity index (χ1n) is 5.70. The van der Waals surface area contributed by atoms with Crippen molar-refractivity contribution in [1.82, 2.24) is 4.90 Å². The highest BCUT2D eigenvalue weighted by atomic mass is 127. The molecule has 2 atom stereocenters. The van der Waals surface area contributed by atoms with Crippen molar-refractivity contribution in [3.8, 4) is 0 Å². The van der Waals surface area contributed by atoms with Gasteiger partial charge >= 0.3 is 6.09 Å². The smallest absolute Gasteiger partial charge is 0.411 e. The lowest BCUT2D eigenvalue weighted by Crippen LogP contribution is -2.27. The van der Waals surface area contributed by atoms with E-state index in [0.717, 1.165) is 10.0 Å². The Morgan fingerprint density at radius 1 is 1.33 bits per heavy atom. The highest BCUT2D eigenvalue weighted by Crippen LogP contribution is 2.48. The molecule has 1 saturated heterocycles. The maximum Gasteiger partial charge on any atom is 0.411 e. The fourth-order valence-corrected chi connectivity index (χ4v) is 3.13. The molecule has 1 heterocycles. The summed E-state index contributed by atoms with van der Waals surface area (Å²) in [4.78, 5) is 13.7. The quantitative estimate of drug-likeness (QED) is 0.288. The van der Waals surface area contributed by atoms with Crippen LogP contribution in [0.15, 0.2) is 28.7 Å². The molecule has 2 rings (SSSR count). The van der Waals surface area contributed by atoms with Gasteiger partial charge in [-0.3, -0.25) is 4.90 Å². The molecule has 98 valence electrons. The second-order valence-electron chi connectivity index (χ2n) is 5.26. The van der Waals surface area contributed by atoms with Crippen LogP contribution in [0.5, 0.6) is 0 Å². The lowest BCUT2D eigenvalue weighted by molar-refractivity contribution is 0.0404. The fourth-order valence-electron chi connectivity index (χ4n) is 1.71. The zero-order chi connectivity index (χ0) is 13.5. The summed E-state index contributed by atoms with van der Waals surface area (Å²) < 4.78 is 6.60. The van der Waals surface area contributed by atoms with Crippen LogP contribution in [0.1, 0.15) is 32.4 Å². The molecule has 0 radical (unpaired) electrons. The maximum absolute atomic E-state index is 12.0. The SMILES string of the molecule is CC(C)(C)OC(=O)N1[C@H](c2ccc(Br)cc2)[C@@H]1I. The zero-order valence-corrected chi connectivity index (χ0v) is 14.2. The predicted octanol–water partition coefficient (Wildman–Crippen LogP) is 4.50. The number of carbonyl (C=O) groups is 1. The van der Waals surface area contributed by atoms with Crippen LogP contribution < -0.4 is 0 Å². The number of amides is 1. The van der Waals surface area contributed by atoms with E-state index in [0.29, 0.717) is 0 Å². The van der Waals surface area contributed by atoms with Crippen LogP contribution in [0.3, 0.4) is 0 Å². The number of rotatable bonds is 1. The lowest BCUT2D eigenvalue weighted by Gasteiger charge is -2.20. The highest BCUT2D eigenvalue weighted by Gasteiger charge is 2.51. The van der Waals surface area contributed by atoms with Crippen molar-refractivity contribution in [1.29, 1.82) is 0 Å². The minimum absolute atomic E-state index is 0.133. The van der Waals surface area contributed by atoms with Crippen molar-refractivity contribution < 1.29 is 9.53 Å². The average Bonchev–Trinajstić information content (AvgIpc) is 2.89. The van der Waals surface area contributed by atoms with Gasteiger partial charge in [-0.2, -0.15) is 0 Å². The maximum atomic E-state index is 12.0. The molecule has 1 fully saturated rings. The van der Waals surface area contributed by atoms with E-state index in [-0.39, 0.29) is 16.2 Å². The van der Waals surface area contributed by atoms with E-state index in [1.807, 2.05) is 45.0 Å². The summed E-state index contributed by atoms with van der Waals surface area (Å²) in [6.45, 7) is 5.64. The molecule has 1 aliphatic rings. The van der Waals surface area contributed by atoms with Gasteiger partial charge in [0.15, 0.2) is 0 Å². The van der Waals surface area contributed by atoms with Crippen molar-refractivity contribution in [2.45, 2.75) is 36.5 Å². The predicted molar refractivity (Wildman–Crippen MR) is 82.8 cm³/mol. The number of nitrogens with zero attached hydrogens (tertiary/aromatic N) is 1. The summed E-state index contributed by atoms with van der Waals surface area (Å²) in [7, 11) is 0. The van der Waals surface area contributed by atoms with Crippen molar-refractivity contribution in [2.24, 2.45) is 0 Å². The Bertz CT molecular complexity index is 455. The van der Waals surface area contributed by atoms with Gasteiger partial charge in [0, 0.05) is 4.47 Å². The van der Waals surface area contributed by atoms with Crippen LogP contribution in [-0.4, -0.2) is 20.6 Å². The first-order chi connectivity index (χ1) is 8.29. The first kappa shape index (κ1) is 14.1. The Morgan fingerprint density at radius 3 is 2.39 bits per heavy atom. The van der Waals surface area contributed by atoms with Crippen molar-refractivity contribution >= 4 is 44.6 Å². The monoisotopic (exact) mass is 423 g/mol. The Hall–Kier alpha value is -0.300. The molecule has 3 nitrogen and oxygen atoms in total. The lowest BCUT2D eigenvalue weighted by atomic mass is 10.2. The minimum Gasteiger partial charge on any atom is -0.444 e. The van der Waals surface area contributed by atoms with Gasteiger partial charge < -0.3 is 4.74 Å². The number of hydrogen-bond acceptors (Lipinski definition) is 2. The van der Waals surface area contributed by atoms with E-state index in [2.05, 4.69) is 38.5 Å². The van der Waals surface area contributed by atoms with Gasteiger partial charge in [-0.15, -0.1) is 0 Å². The van der Waals surface area contributed by atoms with Crippen molar-refractivity contribution in [3.05, 3.63) is 34.3 Å². The third-order valence-corrected chi connectivity index (χ3v) is 4.36. The van der Waals surface area contributed by atoms with Gasteiger partial charge in [0.25, 0.3) is 0 Å². The first-order valence-corrected chi connectivity index (χ1v) is 7.74. The largest absolute Gasteiger partial charge is 0.444 e. The molecule has 0 spiro atoms. The van der Waals surface area contributed by atoms with E-state index in [9.17, 15) is 4.79 Å². The molecule has 1 aromatic rings. The summed E-state index contributed by atoms with van der Waals surface area (Å²) in [6.07, 6.45) is -0.241. The topological polar surface area (TPSA) is 29.3 Å². The van der Waals surface area contributed by atoms with E-state index >= 15 is 0 Å². The van der Waals surface area contributed by atoms with E-state index in [1.165, 1.54) is 0 Å². The van der Waals surface area contributed by atoms with E-state index in [1.54, 1.807) is 4.90 Å². The number of halogens is 2. The number of hydrogen-bond donors (Lipinski definition) is 0. The number of alkyl halides is 1. The molecule has 0 aliphatic carbocycles. The van der Waals surface area contributed by atoms with Crippen LogP contribution in [0.2, 0.25) is 0 Å². The molecule has 1 aliphatic heterocycles. The van der Waals surface area contributed by atoms with E-state index in [4.69, 9.17) is 4.74 Å². The Kier molecular flexibility index (Phi) is 3.92. The molecule has 0 saturated carbocycles. The molecule has 0 aromatic heterocycles. The fraction of sp³-hybridized carbons (Fsp3) is 0.462. The molecular weight excluding hydrogens is 409 g/mol. The molecule has 18 heavy (non-hydrogen) atoms. The molecular formula is C13H15BrINO2. The van der Waals surface area contributed by atoms with Gasteiger partial charge in [0.1, 0.15) is 9.65 Å². The molecule has 0 bridgehead atoms. The van der Waals surface area contributed by atoms with Crippen LogP contribution in [-0.2, 0) is 4.74 Å². The second kappa shape index (κ2) is 5.00. The second-order valence-corrected chi connectivity index (χ2v) is 7.45. The third-order valence-electron chi connectivity index (χ3n) is 2.55. The molecule has 1 aromatic carbocycles. The Labute approximate surface area is 129 Å². The average molecular weight is 424 g/mol. The van der Waals surface area contributed by atoms with Crippen molar-refractivity contribution in [2.75, 3.05) is 0 Å². The Morgan fingerprint density at radius 2 is 1.89 bits per heavy atom. The minimum atomic E-state index is -0.444. The number of benzene rings is 1. The highest BCUT2D eigenvalue weighted by molar-refractivity contribution is 14.1. The summed E-state index contributed by atoms with van der Waals surface area (Å²) in [5.74, 6) is 0. The summed E-state index contributed by atoms with van der Waals surface area (Å²) >= 11 is 5.68. The van der Waals surface area contributed by atoms with Crippen molar-refractivity contribution in [3.63, 3.8) is 0 Å². The summed E-state index contributed by atoms with van der Waals surface area (Å²) in [5, 5.41) is 0. The van der Waals surface area contributed by atoms with Gasteiger partial charge in [0.2, 0.25) is 0 Å². The summed E-state index contributed by atoms with van der Waals surface area (Å²) in [5.41, 5.74) is 0.698. The number of ether oxygens (including phenoxy) is 1. The van der Waals surface area contributed by atoms with Crippen LogP contribution >= 0.6 is 38.5 Å². The molecule has 5 heteroatoms. The third kappa shape index (κ3) is 3.17. The van der Waals surface area contributed by atoms with Crippen LogP contribution in [0.25, 0.3) is 0 Å². The van der Waals surface area contributed by atoms with Gasteiger partial charge in [0.05, 0.1) is 6.04 Å². The zero-order valence-electron chi connectivity index (χ0n) is 10.5. The summed E-state index contributed by atoms with van der Waals surface area (Å²) in [6, 6.07) is 8.18. The molecule has 1 amide bonds. The van der Waals surface area contributed by atoms with Crippen LogP contribution in [0, 0.1) is 0 Å². The standard InChI is InChI=1S/C13H15BrINO2/c1-13(2,3)18-12(17)16-10(11(16)15)8-4-6-9(14)7-5-8/h4-7,10-11H,1-3H3/t10-,11-,16?/m1/s1. The number of carbonyl (C=O) groups excluding carboxylic acids is 1.